The molecule has 0 N–H and O–H groups in total. The molecule has 0 spiro atoms. The number of hydrogen-bond acceptors (Lipinski definition) is 0. The minimum Gasteiger partial charge on any atom is -0.166 e. The molecular formula is C21H12AlF9. The van der Waals surface area contributed by atoms with Crippen molar-refractivity contribution in [2.75, 3.05) is 0 Å². The zero-order chi connectivity index (χ0) is 23.0. The predicted octanol–water partition coefficient (Wildman–Crippen LogP) is 5.26. The predicted molar refractivity (Wildman–Crippen MR) is 99.0 cm³/mol. The molecule has 0 aliphatic rings. The highest BCUT2D eigenvalue weighted by molar-refractivity contribution is 6.95. The number of benzene rings is 3. The Bertz CT molecular complexity index is 877. The van der Waals surface area contributed by atoms with Crippen LogP contribution < -0.4 is 13.3 Å². The van der Waals surface area contributed by atoms with Gasteiger partial charge in [-0.3, -0.25) is 0 Å². The normalized spacial score (nSPS) is 12.7. The Morgan fingerprint density at radius 2 is 0.548 bits per heavy atom. The molecule has 0 saturated heterocycles. The first kappa shape index (κ1) is 23.2. The van der Waals surface area contributed by atoms with Crippen molar-refractivity contribution < 1.29 is 39.5 Å². The summed E-state index contributed by atoms with van der Waals surface area (Å²) in [5.74, 6) is 0. The Morgan fingerprint density at radius 3 is 0.710 bits per heavy atom. The second-order valence-corrected chi connectivity index (χ2v) is 9.66. The molecule has 0 amide bonds. The lowest BCUT2D eigenvalue weighted by Crippen LogP contribution is -2.52. The molecule has 3 rings (SSSR count). The van der Waals surface area contributed by atoms with Crippen LogP contribution in [0.3, 0.4) is 0 Å². The minimum atomic E-state index is -4.57. The Morgan fingerprint density at radius 1 is 0.355 bits per heavy atom. The second-order valence-electron chi connectivity index (χ2n) is 6.79. The van der Waals surface area contributed by atoms with E-state index in [4.69, 9.17) is 0 Å². The smallest absolute Gasteiger partial charge is 0.166 e. The molecule has 0 unspecified atom stereocenters. The van der Waals surface area contributed by atoms with Crippen LogP contribution in [0.5, 0.6) is 0 Å². The summed E-state index contributed by atoms with van der Waals surface area (Å²) in [7, 11) is 0. The summed E-state index contributed by atoms with van der Waals surface area (Å²) in [6.07, 6.45) is -13.7. The van der Waals surface area contributed by atoms with E-state index >= 15 is 0 Å². The topological polar surface area (TPSA) is 0 Å². The first-order chi connectivity index (χ1) is 14.3. The maximum absolute atomic E-state index is 12.9. The summed E-state index contributed by atoms with van der Waals surface area (Å²) in [6.45, 7) is 0. The summed E-state index contributed by atoms with van der Waals surface area (Å²) < 4.78 is 117. The molecule has 0 radical (unpaired) electrons. The molecule has 0 aliphatic carbocycles. The number of halogens is 9. The fourth-order valence-electron chi connectivity index (χ4n) is 3.17. The molecule has 0 bridgehead atoms. The van der Waals surface area contributed by atoms with Crippen LogP contribution in [-0.2, 0) is 18.5 Å². The minimum absolute atomic E-state index is 0.424. The molecule has 31 heavy (non-hydrogen) atoms. The van der Waals surface area contributed by atoms with Gasteiger partial charge >= 0.3 is 32.7 Å². The van der Waals surface area contributed by atoms with Gasteiger partial charge in [-0.1, -0.05) is 86.1 Å². The van der Waals surface area contributed by atoms with Crippen molar-refractivity contribution in [2.24, 2.45) is 0 Å². The third-order valence-electron chi connectivity index (χ3n) is 4.71. The molecule has 10 heteroatoms. The molecule has 3 aromatic rings. The van der Waals surface area contributed by atoms with E-state index in [1.165, 1.54) is 36.4 Å². The van der Waals surface area contributed by atoms with Gasteiger partial charge in [0.05, 0.1) is 16.7 Å². The van der Waals surface area contributed by atoms with Gasteiger partial charge in [-0.2, -0.15) is 39.5 Å². The standard InChI is InChI=1S/3C7H4F3.Al/c3*8-7(9,10)6-4-2-1-3-5-6;/h3*2-5H;. The van der Waals surface area contributed by atoms with Gasteiger partial charge in [0.25, 0.3) is 0 Å². The largest absolute Gasteiger partial charge is 0.416 e. The van der Waals surface area contributed by atoms with Gasteiger partial charge in [-0.05, 0) is 0 Å². The molecule has 0 fully saturated rings. The molecule has 0 aliphatic heterocycles. The lowest BCUT2D eigenvalue weighted by atomic mass is 10.2. The maximum atomic E-state index is 12.9. The molecule has 3 aromatic carbocycles. The summed E-state index contributed by atoms with van der Waals surface area (Å²) in [6, 6.07) is 12.4. The van der Waals surface area contributed by atoms with Crippen LogP contribution in [0, 0.1) is 0 Å². The third-order valence-corrected chi connectivity index (χ3v) is 7.87. The average Bonchev–Trinajstić information content (AvgIpc) is 2.67. The van der Waals surface area contributed by atoms with Crippen molar-refractivity contribution in [1.29, 1.82) is 0 Å². The lowest BCUT2D eigenvalue weighted by molar-refractivity contribution is -0.138. The van der Waals surface area contributed by atoms with Crippen LogP contribution in [0.25, 0.3) is 0 Å². The van der Waals surface area contributed by atoms with Crippen molar-refractivity contribution in [2.45, 2.75) is 18.5 Å². The van der Waals surface area contributed by atoms with Gasteiger partial charge in [0.15, 0.2) is 0 Å². The Hall–Kier alpha value is -2.44. The van der Waals surface area contributed by atoms with Gasteiger partial charge in [0.1, 0.15) is 0 Å². The molecule has 0 aromatic heterocycles. The van der Waals surface area contributed by atoms with E-state index in [1.807, 2.05) is 0 Å². The fraction of sp³-hybridized carbons (Fsp3) is 0.143. The monoisotopic (exact) mass is 462 g/mol. The van der Waals surface area contributed by atoms with Crippen LogP contribution in [0.4, 0.5) is 39.5 Å². The fourth-order valence-corrected chi connectivity index (χ4v) is 6.06. The average molecular weight is 462 g/mol. The van der Waals surface area contributed by atoms with Gasteiger partial charge < -0.3 is 0 Å². The van der Waals surface area contributed by atoms with Crippen molar-refractivity contribution in [3.63, 3.8) is 0 Å². The van der Waals surface area contributed by atoms with Crippen molar-refractivity contribution in [3.8, 4) is 0 Å². The highest BCUT2D eigenvalue weighted by atomic mass is 27.2. The van der Waals surface area contributed by atoms with E-state index in [0.717, 1.165) is 36.4 Å². The zero-order valence-electron chi connectivity index (χ0n) is 15.4. The van der Waals surface area contributed by atoms with Crippen molar-refractivity contribution >= 4 is 27.4 Å². The van der Waals surface area contributed by atoms with E-state index in [9.17, 15) is 39.5 Å². The summed E-state index contributed by atoms with van der Waals surface area (Å²) in [4.78, 5) is 0. The number of alkyl halides is 9. The molecule has 0 heterocycles. The molecule has 0 nitrogen and oxygen atoms in total. The molecule has 0 saturated carbocycles. The maximum Gasteiger partial charge on any atom is 0.416 e. The van der Waals surface area contributed by atoms with Crippen LogP contribution >= 0.6 is 0 Å². The van der Waals surface area contributed by atoms with Crippen LogP contribution in [0.15, 0.2) is 72.8 Å². The summed E-state index contributed by atoms with van der Waals surface area (Å²) in [5.41, 5.74) is -2.70. The zero-order valence-corrected chi connectivity index (χ0v) is 16.6. The van der Waals surface area contributed by atoms with Gasteiger partial charge in [-0.25, -0.2) is 0 Å². The van der Waals surface area contributed by atoms with Crippen LogP contribution in [0.1, 0.15) is 16.7 Å². The first-order valence-electron chi connectivity index (χ1n) is 8.78. The van der Waals surface area contributed by atoms with Crippen LogP contribution in [-0.4, -0.2) is 14.1 Å². The Kier molecular flexibility index (Phi) is 6.18. The highest BCUT2D eigenvalue weighted by Gasteiger charge is 2.34. The lowest BCUT2D eigenvalue weighted by Gasteiger charge is -2.17. The van der Waals surface area contributed by atoms with E-state index < -0.39 is 49.4 Å². The molecular weight excluding hydrogens is 450 g/mol. The van der Waals surface area contributed by atoms with Gasteiger partial charge in [-0.15, -0.1) is 0 Å². The second kappa shape index (κ2) is 8.25. The van der Waals surface area contributed by atoms with E-state index in [2.05, 4.69) is 0 Å². The number of rotatable bonds is 3. The Balaban J connectivity index is 2.08. The van der Waals surface area contributed by atoms with Crippen LogP contribution in [0.2, 0.25) is 0 Å². The van der Waals surface area contributed by atoms with E-state index in [0.29, 0.717) is 13.3 Å². The third kappa shape index (κ3) is 5.44. The quantitative estimate of drug-likeness (QED) is 0.368. The van der Waals surface area contributed by atoms with Gasteiger partial charge in [0, 0.05) is 0 Å². The Labute approximate surface area is 175 Å². The van der Waals surface area contributed by atoms with E-state index in [1.54, 1.807) is 0 Å². The SMILES string of the molecule is FC(F)(F)c1cc[c]([Al]([c]2ccc(C(F)(F)F)cc2)[c]2ccc(C(F)(F)F)cc2)cc1. The van der Waals surface area contributed by atoms with Gasteiger partial charge in [0.2, 0.25) is 0 Å². The molecule has 0 atom stereocenters. The van der Waals surface area contributed by atoms with Crippen molar-refractivity contribution in [3.05, 3.63) is 89.5 Å². The van der Waals surface area contributed by atoms with E-state index in [-0.39, 0.29) is 0 Å². The van der Waals surface area contributed by atoms with Crippen molar-refractivity contribution in [1.82, 2.24) is 0 Å². The summed E-state index contributed by atoms with van der Waals surface area (Å²) >= 11 is -2.63. The number of hydrogen-bond donors (Lipinski definition) is 0. The highest BCUT2D eigenvalue weighted by Crippen LogP contribution is 2.30. The first-order valence-corrected chi connectivity index (χ1v) is 10.5. The summed E-state index contributed by atoms with van der Waals surface area (Å²) in [5, 5.41) is 0. The molecule has 162 valence electrons.